The van der Waals surface area contributed by atoms with Crippen molar-refractivity contribution in [1.29, 1.82) is 0 Å². The number of benzene rings is 1. The van der Waals surface area contributed by atoms with Gasteiger partial charge in [-0.25, -0.2) is 4.79 Å². The summed E-state index contributed by atoms with van der Waals surface area (Å²) in [5, 5.41) is 0. The molecule has 0 heterocycles. The van der Waals surface area contributed by atoms with Gasteiger partial charge in [0.15, 0.2) is 0 Å². The van der Waals surface area contributed by atoms with Gasteiger partial charge in [-0.3, -0.25) is 0 Å². The zero-order valence-electron chi connectivity index (χ0n) is 30.5. The minimum atomic E-state index is -0.223. The van der Waals surface area contributed by atoms with E-state index in [-0.39, 0.29) is 6.03 Å². The van der Waals surface area contributed by atoms with E-state index in [0.29, 0.717) is 0 Å². The largest absolute Gasteiger partial charge is 0.351 e. The molecule has 44 heavy (non-hydrogen) atoms. The van der Waals surface area contributed by atoms with E-state index < -0.39 is 0 Å². The number of nitrogens with two attached hydrogens (primary N) is 1. The summed E-state index contributed by atoms with van der Waals surface area (Å²) in [4.78, 5) is 13.7. The molecule has 1 aromatic rings. The van der Waals surface area contributed by atoms with Crippen LogP contribution in [0.1, 0.15) is 205 Å². The highest BCUT2D eigenvalue weighted by Crippen LogP contribution is 2.15. The van der Waals surface area contributed by atoms with Crippen LogP contribution in [0.4, 0.5) is 4.79 Å². The number of amides is 2. The molecule has 1 rings (SSSR count). The number of hydrogen-bond acceptors (Lipinski definition) is 1. The van der Waals surface area contributed by atoms with Gasteiger partial charge in [0.1, 0.15) is 0 Å². The molecule has 2 N–H and O–H groups in total. The lowest BCUT2D eigenvalue weighted by Crippen LogP contribution is -2.37. The summed E-state index contributed by atoms with van der Waals surface area (Å²) in [5.74, 6) is 0. The number of rotatable bonds is 30. The molecule has 2 amide bonds. The summed E-state index contributed by atoms with van der Waals surface area (Å²) < 4.78 is 0. The second-order valence-electron chi connectivity index (χ2n) is 13.6. The number of urea groups is 1. The Kier molecular flexibility index (Phi) is 33.2. The van der Waals surface area contributed by atoms with Crippen molar-refractivity contribution in [3.63, 3.8) is 0 Å². The first-order valence-electron chi connectivity index (χ1n) is 19.6. The van der Waals surface area contributed by atoms with Gasteiger partial charge in [0.05, 0.1) is 0 Å². The monoisotopic (exact) mass is 615 g/mol. The number of aryl methyl sites for hydroxylation is 2. The highest BCUT2D eigenvalue weighted by Gasteiger charge is 2.08. The molecule has 3 heteroatoms. The van der Waals surface area contributed by atoms with Gasteiger partial charge in [-0.05, 0) is 37.8 Å². The number of carbonyl (C=O) groups excluding carboxylic acids is 1. The molecule has 0 atom stereocenters. The Labute approximate surface area is 276 Å². The number of hydrogen-bond donors (Lipinski definition) is 1. The average molecular weight is 615 g/mol. The first-order valence-corrected chi connectivity index (χ1v) is 19.6. The molecule has 0 fully saturated rings. The van der Waals surface area contributed by atoms with Crippen molar-refractivity contribution in [2.75, 3.05) is 13.1 Å². The molecule has 3 nitrogen and oxygen atoms in total. The predicted molar refractivity (Wildman–Crippen MR) is 198 cm³/mol. The molecule has 258 valence electrons. The number of primary amides is 1. The topological polar surface area (TPSA) is 46.3 Å². The maximum Gasteiger partial charge on any atom is 0.314 e. The molecule has 1 aromatic carbocycles. The lowest BCUT2D eigenvalue weighted by Gasteiger charge is -2.20. The lowest BCUT2D eigenvalue weighted by atomic mass is 10.0. The lowest BCUT2D eigenvalue weighted by molar-refractivity contribution is 0.204. The number of carbonyl (C=O) groups is 1. The van der Waals surface area contributed by atoms with Crippen LogP contribution in [-0.2, 0) is 0 Å². The zero-order valence-corrected chi connectivity index (χ0v) is 30.5. The van der Waals surface area contributed by atoms with Gasteiger partial charge in [-0.1, -0.05) is 205 Å². The Morgan fingerprint density at radius 2 is 0.682 bits per heavy atom. The smallest absolute Gasteiger partial charge is 0.314 e. The summed E-state index contributed by atoms with van der Waals surface area (Å²) in [5.41, 5.74) is 8.37. The van der Waals surface area contributed by atoms with Crippen molar-refractivity contribution in [3.8, 4) is 0 Å². The third-order valence-corrected chi connectivity index (χ3v) is 9.30. The zero-order chi connectivity index (χ0) is 32.4. The second kappa shape index (κ2) is 34.4. The van der Waals surface area contributed by atoms with E-state index in [1.54, 1.807) is 0 Å². The van der Waals surface area contributed by atoms with Crippen LogP contribution in [0.3, 0.4) is 0 Å². The molecule has 0 aromatic heterocycles. The van der Waals surface area contributed by atoms with Crippen LogP contribution in [0.5, 0.6) is 0 Å². The van der Waals surface area contributed by atoms with Gasteiger partial charge in [-0.15, -0.1) is 0 Å². The maximum absolute atomic E-state index is 11.8. The fourth-order valence-electron chi connectivity index (χ4n) is 5.99. The summed E-state index contributed by atoms with van der Waals surface area (Å²) in [6.45, 7) is 10.5. The minimum absolute atomic E-state index is 0.223. The highest BCUT2D eigenvalue weighted by atomic mass is 16.2. The van der Waals surface area contributed by atoms with E-state index in [1.165, 1.54) is 178 Å². The van der Waals surface area contributed by atoms with Crippen molar-refractivity contribution >= 4 is 6.03 Å². The van der Waals surface area contributed by atoms with Crippen LogP contribution in [0.15, 0.2) is 24.3 Å². The maximum atomic E-state index is 11.8. The van der Waals surface area contributed by atoms with Crippen molar-refractivity contribution in [2.24, 2.45) is 5.73 Å². The minimum Gasteiger partial charge on any atom is -0.351 e. The third-order valence-electron chi connectivity index (χ3n) is 9.30. The van der Waals surface area contributed by atoms with Crippen molar-refractivity contribution < 1.29 is 4.79 Å². The second-order valence-corrected chi connectivity index (χ2v) is 13.6. The molecule has 0 aliphatic carbocycles. The molecular weight excluding hydrogens is 536 g/mol. The predicted octanol–water partition coefficient (Wildman–Crippen LogP) is 13.6. The molecule has 0 saturated carbocycles. The van der Waals surface area contributed by atoms with Crippen molar-refractivity contribution in [2.45, 2.75) is 207 Å². The van der Waals surface area contributed by atoms with Crippen LogP contribution in [0.2, 0.25) is 0 Å². The van der Waals surface area contributed by atoms with Gasteiger partial charge in [-0.2, -0.15) is 0 Å². The molecular formula is C41H78N2O. The van der Waals surface area contributed by atoms with Gasteiger partial charge >= 0.3 is 6.03 Å². The van der Waals surface area contributed by atoms with Gasteiger partial charge in [0.25, 0.3) is 0 Å². The van der Waals surface area contributed by atoms with Crippen LogP contribution >= 0.6 is 0 Å². The molecule has 0 unspecified atom stereocenters. The standard InChI is InChI=1S/C33H68N2O.C8H10/c1-3-5-7-9-11-13-15-17-19-21-23-25-27-29-31-35(33(34)36)32-30-28-26-24-22-20-18-16-14-12-10-8-6-4-2;1-7-5-3-4-6-8(7)2/h3-32H2,1-2H3,(H2,34,36);3-6H,1-2H3. The van der Waals surface area contributed by atoms with Crippen LogP contribution < -0.4 is 5.73 Å². The Bertz CT molecular complexity index is 665. The molecule has 0 aliphatic heterocycles. The third kappa shape index (κ3) is 30.5. The van der Waals surface area contributed by atoms with Gasteiger partial charge in [0.2, 0.25) is 0 Å². The van der Waals surface area contributed by atoms with Crippen LogP contribution in [0.25, 0.3) is 0 Å². The average Bonchev–Trinajstić information content (AvgIpc) is 3.02. The number of unbranched alkanes of at least 4 members (excludes halogenated alkanes) is 26. The Morgan fingerprint density at radius 3 is 0.886 bits per heavy atom. The molecule has 0 spiro atoms. The normalized spacial score (nSPS) is 10.9. The SMILES string of the molecule is CCCCCCCCCCCCCCCCN(CCCCCCCCCCCCCCCC)C(N)=O.Cc1ccccc1C. The summed E-state index contributed by atoms with van der Waals surface area (Å²) in [6.07, 6.45) is 38.3. The quantitative estimate of drug-likeness (QED) is 0.0861. The molecule has 0 radical (unpaired) electrons. The van der Waals surface area contributed by atoms with E-state index in [1.807, 2.05) is 4.90 Å². The summed E-state index contributed by atoms with van der Waals surface area (Å²) in [7, 11) is 0. The fourth-order valence-corrected chi connectivity index (χ4v) is 5.99. The van der Waals surface area contributed by atoms with Crippen molar-refractivity contribution in [1.82, 2.24) is 4.90 Å². The molecule has 0 saturated heterocycles. The van der Waals surface area contributed by atoms with E-state index in [2.05, 4.69) is 52.0 Å². The Hall–Kier alpha value is -1.51. The summed E-state index contributed by atoms with van der Waals surface area (Å²) >= 11 is 0. The van der Waals surface area contributed by atoms with E-state index in [0.717, 1.165) is 25.9 Å². The number of nitrogens with zero attached hydrogens (tertiary/aromatic N) is 1. The molecule has 0 bridgehead atoms. The highest BCUT2D eigenvalue weighted by molar-refractivity contribution is 5.71. The first kappa shape index (κ1) is 42.5. The van der Waals surface area contributed by atoms with E-state index in [4.69, 9.17) is 5.73 Å². The van der Waals surface area contributed by atoms with Gasteiger partial charge in [0, 0.05) is 13.1 Å². The van der Waals surface area contributed by atoms with Crippen molar-refractivity contribution in [3.05, 3.63) is 35.4 Å². The Morgan fingerprint density at radius 1 is 0.455 bits per heavy atom. The van der Waals surface area contributed by atoms with Gasteiger partial charge < -0.3 is 10.6 Å². The molecule has 0 aliphatic rings. The Balaban J connectivity index is 0.00000198. The first-order chi connectivity index (χ1) is 21.5. The van der Waals surface area contributed by atoms with E-state index in [9.17, 15) is 4.79 Å². The van der Waals surface area contributed by atoms with Crippen LogP contribution in [-0.4, -0.2) is 24.0 Å². The summed E-state index contributed by atoms with van der Waals surface area (Å²) in [6, 6.07) is 8.13. The fraction of sp³-hybridized carbons (Fsp3) is 0.829. The van der Waals surface area contributed by atoms with E-state index >= 15 is 0 Å². The van der Waals surface area contributed by atoms with Crippen LogP contribution in [0, 0.1) is 13.8 Å².